The molecule has 0 aliphatic heterocycles. The molecule has 0 heterocycles. The SMILES string of the molecule is CC(C(=O)Nc1ccccc1)S(=O)CCO. The summed E-state index contributed by atoms with van der Waals surface area (Å²) >= 11 is 0. The summed E-state index contributed by atoms with van der Waals surface area (Å²) in [6.45, 7) is 1.42. The van der Waals surface area contributed by atoms with Crippen LogP contribution in [0, 0.1) is 0 Å². The highest BCUT2D eigenvalue weighted by molar-refractivity contribution is 7.86. The molecule has 0 saturated heterocycles. The molecule has 2 unspecified atom stereocenters. The van der Waals surface area contributed by atoms with Gasteiger partial charge in [0.1, 0.15) is 5.25 Å². The number of para-hydroxylation sites is 1. The van der Waals surface area contributed by atoms with Gasteiger partial charge in [-0.15, -0.1) is 0 Å². The topological polar surface area (TPSA) is 66.4 Å². The number of benzene rings is 1. The Labute approximate surface area is 97.1 Å². The Morgan fingerprint density at radius 2 is 2.06 bits per heavy atom. The Hall–Kier alpha value is -1.20. The van der Waals surface area contributed by atoms with E-state index in [4.69, 9.17) is 5.11 Å². The highest BCUT2D eigenvalue weighted by Gasteiger charge is 2.19. The molecule has 4 nitrogen and oxygen atoms in total. The first kappa shape index (κ1) is 12.9. The highest BCUT2D eigenvalue weighted by Crippen LogP contribution is 2.07. The number of aliphatic hydroxyl groups excluding tert-OH is 1. The third-order valence-corrected chi connectivity index (χ3v) is 3.69. The Balaban J connectivity index is 2.56. The molecule has 16 heavy (non-hydrogen) atoms. The van der Waals surface area contributed by atoms with E-state index < -0.39 is 16.0 Å². The summed E-state index contributed by atoms with van der Waals surface area (Å²) < 4.78 is 11.5. The molecule has 0 aliphatic carbocycles. The van der Waals surface area contributed by atoms with Crippen LogP contribution in [-0.2, 0) is 15.6 Å². The minimum Gasteiger partial charge on any atom is -0.395 e. The maximum atomic E-state index is 11.6. The lowest BCUT2D eigenvalue weighted by Crippen LogP contribution is -2.30. The second-order valence-electron chi connectivity index (χ2n) is 3.31. The van der Waals surface area contributed by atoms with Crippen molar-refractivity contribution in [3.63, 3.8) is 0 Å². The van der Waals surface area contributed by atoms with Crippen molar-refractivity contribution in [1.82, 2.24) is 0 Å². The molecule has 2 N–H and O–H groups in total. The Bertz CT molecular complexity index is 367. The molecule has 0 bridgehead atoms. The van der Waals surface area contributed by atoms with E-state index in [9.17, 15) is 9.00 Å². The number of anilines is 1. The fourth-order valence-electron chi connectivity index (χ4n) is 1.15. The number of hydrogen-bond donors (Lipinski definition) is 2. The molecule has 0 radical (unpaired) electrons. The molecule has 1 aromatic rings. The molecule has 5 heteroatoms. The maximum Gasteiger partial charge on any atom is 0.239 e. The second-order valence-corrected chi connectivity index (χ2v) is 5.18. The van der Waals surface area contributed by atoms with E-state index in [1.165, 1.54) is 0 Å². The second kappa shape index (κ2) is 6.40. The van der Waals surface area contributed by atoms with E-state index in [0.717, 1.165) is 0 Å². The summed E-state index contributed by atoms with van der Waals surface area (Å²) in [6, 6.07) is 9.00. The van der Waals surface area contributed by atoms with E-state index in [-0.39, 0.29) is 18.3 Å². The van der Waals surface area contributed by atoms with Crippen molar-refractivity contribution in [3.8, 4) is 0 Å². The molecule has 1 rings (SSSR count). The van der Waals surface area contributed by atoms with Crippen molar-refractivity contribution >= 4 is 22.4 Å². The smallest absolute Gasteiger partial charge is 0.239 e. The molecule has 0 spiro atoms. The molecule has 0 aliphatic rings. The number of amides is 1. The van der Waals surface area contributed by atoms with Gasteiger partial charge in [-0.2, -0.15) is 0 Å². The van der Waals surface area contributed by atoms with E-state index in [1.807, 2.05) is 18.2 Å². The Morgan fingerprint density at radius 1 is 1.44 bits per heavy atom. The van der Waals surface area contributed by atoms with Crippen LogP contribution in [0.25, 0.3) is 0 Å². The standard InChI is InChI=1S/C11H15NO3S/c1-9(16(15)8-7-13)11(14)12-10-5-3-2-4-6-10/h2-6,9,13H,7-8H2,1H3,(H,12,14). The van der Waals surface area contributed by atoms with E-state index >= 15 is 0 Å². The van der Waals surface area contributed by atoms with Crippen LogP contribution in [0.3, 0.4) is 0 Å². The van der Waals surface area contributed by atoms with Crippen molar-refractivity contribution < 1.29 is 14.1 Å². The van der Waals surface area contributed by atoms with E-state index in [0.29, 0.717) is 5.69 Å². The van der Waals surface area contributed by atoms with E-state index in [2.05, 4.69) is 5.32 Å². The van der Waals surface area contributed by atoms with Gasteiger partial charge in [-0.3, -0.25) is 9.00 Å². The Kier molecular flexibility index (Phi) is 5.14. The minimum atomic E-state index is -1.33. The monoisotopic (exact) mass is 241 g/mol. The van der Waals surface area contributed by atoms with Gasteiger partial charge < -0.3 is 10.4 Å². The van der Waals surface area contributed by atoms with Crippen molar-refractivity contribution in [2.45, 2.75) is 12.2 Å². The van der Waals surface area contributed by atoms with Crippen molar-refractivity contribution in [2.24, 2.45) is 0 Å². The first-order chi connectivity index (χ1) is 7.65. The summed E-state index contributed by atoms with van der Waals surface area (Å²) in [5.74, 6) is -0.165. The van der Waals surface area contributed by atoms with Crippen molar-refractivity contribution in [1.29, 1.82) is 0 Å². The number of rotatable bonds is 5. The Morgan fingerprint density at radius 3 is 2.62 bits per heavy atom. The summed E-state index contributed by atoms with van der Waals surface area (Å²) in [5.41, 5.74) is 0.681. The summed E-state index contributed by atoms with van der Waals surface area (Å²) in [7, 11) is -1.33. The van der Waals surface area contributed by atoms with Gasteiger partial charge in [-0.25, -0.2) is 0 Å². The summed E-state index contributed by atoms with van der Waals surface area (Å²) in [6.07, 6.45) is 0. The fourth-order valence-corrected chi connectivity index (χ4v) is 1.98. The predicted molar refractivity (Wildman–Crippen MR) is 64.6 cm³/mol. The quantitative estimate of drug-likeness (QED) is 0.799. The lowest BCUT2D eigenvalue weighted by atomic mass is 10.3. The van der Waals surface area contributed by atoms with Crippen LogP contribution in [0.5, 0.6) is 0 Å². The number of carbonyl (C=O) groups is 1. The number of carbonyl (C=O) groups excluding carboxylic acids is 1. The van der Waals surface area contributed by atoms with Crippen molar-refractivity contribution in [2.75, 3.05) is 17.7 Å². The zero-order chi connectivity index (χ0) is 12.0. The largest absolute Gasteiger partial charge is 0.395 e. The molecule has 0 saturated carbocycles. The van der Waals surface area contributed by atoms with Crippen LogP contribution in [0.2, 0.25) is 0 Å². The van der Waals surface area contributed by atoms with Gasteiger partial charge in [0, 0.05) is 22.2 Å². The molecule has 0 fully saturated rings. The molecule has 1 aromatic carbocycles. The molecule has 88 valence electrons. The average molecular weight is 241 g/mol. The van der Waals surface area contributed by atoms with Gasteiger partial charge in [0.2, 0.25) is 5.91 Å². The molecular formula is C11H15NO3S. The fraction of sp³-hybridized carbons (Fsp3) is 0.364. The van der Waals surface area contributed by atoms with Crippen LogP contribution < -0.4 is 5.32 Å². The van der Waals surface area contributed by atoms with Crippen LogP contribution in [0.4, 0.5) is 5.69 Å². The van der Waals surface area contributed by atoms with Crippen molar-refractivity contribution in [3.05, 3.63) is 30.3 Å². The predicted octanol–water partition coefficient (Wildman–Crippen LogP) is 0.755. The van der Waals surface area contributed by atoms with Crippen LogP contribution >= 0.6 is 0 Å². The van der Waals surface area contributed by atoms with Gasteiger partial charge in [0.25, 0.3) is 0 Å². The third kappa shape index (κ3) is 3.75. The zero-order valence-electron chi connectivity index (χ0n) is 9.05. The number of aliphatic hydroxyl groups is 1. The van der Waals surface area contributed by atoms with Gasteiger partial charge in [0.05, 0.1) is 6.61 Å². The van der Waals surface area contributed by atoms with Gasteiger partial charge in [-0.05, 0) is 19.1 Å². The summed E-state index contributed by atoms with van der Waals surface area (Å²) in [4.78, 5) is 11.6. The minimum absolute atomic E-state index is 0.128. The molecule has 0 aromatic heterocycles. The first-order valence-electron chi connectivity index (χ1n) is 4.99. The van der Waals surface area contributed by atoms with E-state index in [1.54, 1.807) is 19.1 Å². The normalized spacial score (nSPS) is 14.1. The zero-order valence-corrected chi connectivity index (χ0v) is 9.87. The highest BCUT2D eigenvalue weighted by atomic mass is 32.2. The van der Waals surface area contributed by atoms with Crippen LogP contribution in [-0.4, -0.2) is 32.8 Å². The third-order valence-electron chi connectivity index (χ3n) is 2.10. The molecule has 1 amide bonds. The number of nitrogens with one attached hydrogen (secondary N) is 1. The van der Waals surface area contributed by atoms with Gasteiger partial charge in [-0.1, -0.05) is 18.2 Å². The molecular weight excluding hydrogens is 226 g/mol. The number of hydrogen-bond acceptors (Lipinski definition) is 3. The lowest BCUT2D eigenvalue weighted by Gasteiger charge is -2.11. The van der Waals surface area contributed by atoms with Gasteiger partial charge in [0.15, 0.2) is 0 Å². The summed E-state index contributed by atoms with van der Waals surface area (Å²) in [5, 5.41) is 10.7. The van der Waals surface area contributed by atoms with Crippen LogP contribution in [0.1, 0.15) is 6.92 Å². The first-order valence-corrected chi connectivity index (χ1v) is 6.37. The average Bonchev–Trinajstić information content (AvgIpc) is 2.29. The van der Waals surface area contributed by atoms with Crippen LogP contribution in [0.15, 0.2) is 30.3 Å². The lowest BCUT2D eigenvalue weighted by molar-refractivity contribution is -0.115. The van der Waals surface area contributed by atoms with Gasteiger partial charge >= 0.3 is 0 Å². The maximum absolute atomic E-state index is 11.6. The molecule has 2 atom stereocenters.